The second-order valence-electron chi connectivity index (χ2n) is 6.25. The van der Waals surface area contributed by atoms with Gasteiger partial charge in [-0.05, 0) is 48.4 Å². The van der Waals surface area contributed by atoms with Crippen LogP contribution in [-0.4, -0.2) is 20.6 Å². The van der Waals surface area contributed by atoms with Gasteiger partial charge in [0.15, 0.2) is 9.84 Å². The third kappa shape index (κ3) is 3.21. The summed E-state index contributed by atoms with van der Waals surface area (Å²) in [6.07, 6.45) is 7.17. The van der Waals surface area contributed by atoms with Crippen LogP contribution in [0.4, 0.5) is 10.1 Å². The van der Waals surface area contributed by atoms with E-state index in [-0.39, 0.29) is 29.1 Å². The maximum atomic E-state index is 13.4. The lowest BCUT2D eigenvalue weighted by Crippen LogP contribution is -2.26. The summed E-state index contributed by atoms with van der Waals surface area (Å²) < 4.78 is 36.3. The lowest BCUT2D eigenvalue weighted by Gasteiger charge is -2.19. The molecular formula is C16H18FNO3S. The van der Waals surface area contributed by atoms with E-state index in [1.807, 2.05) is 0 Å². The highest BCUT2D eigenvalue weighted by atomic mass is 32.2. The Morgan fingerprint density at radius 2 is 2.09 bits per heavy atom. The molecule has 3 atom stereocenters. The third-order valence-electron chi connectivity index (χ3n) is 4.36. The van der Waals surface area contributed by atoms with Crippen LogP contribution in [0.1, 0.15) is 18.4 Å². The second-order valence-corrected chi connectivity index (χ2v) is 8.39. The predicted octanol–water partition coefficient (Wildman–Crippen LogP) is 2.52. The molecule has 1 amide bonds. The van der Waals surface area contributed by atoms with E-state index in [4.69, 9.17) is 0 Å². The maximum Gasteiger partial charge on any atom is 0.228 e. The molecule has 1 saturated carbocycles. The average molecular weight is 323 g/mol. The molecule has 0 aliphatic heterocycles. The van der Waals surface area contributed by atoms with E-state index < -0.39 is 15.7 Å². The number of fused-ring (bicyclic) bond motifs is 2. The van der Waals surface area contributed by atoms with Crippen molar-refractivity contribution in [2.75, 3.05) is 11.6 Å². The Kier molecular flexibility index (Phi) is 3.80. The number of allylic oxidation sites excluding steroid dienone is 2. The van der Waals surface area contributed by atoms with Crippen LogP contribution in [-0.2, 0) is 20.4 Å². The number of carbonyl (C=O) groups is 1. The van der Waals surface area contributed by atoms with Gasteiger partial charge in [-0.1, -0.05) is 12.2 Å². The van der Waals surface area contributed by atoms with Gasteiger partial charge in [0.2, 0.25) is 5.91 Å². The SMILES string of the molecule is CS(=O)(=O)Cc1cc(F)ccc1NC(=O)C1CC2C=CC1C2. The number of nitrogens with one attached hydrogen (secondary N) is 1. The number of benzene rings is 1. The molecule has 0 aromatic heterocycles. The molecule has 118 valence electrons. The monoisotopic (exact) mass is 323 g/mol. The van der Waals surface area contributed by atoms with Crippen LogP contribution in [0.5, 0.6) is 0 Å². The molecule has 22 heavy (non-hydrogen) atoms. The first-order valence-corrected chi connectivity index (χ1v) is 9.33. The molecule has 3 rings (SSSR count). The highest BCUT2D eigenvalue weighted by Crippen LogP contribution is 2.43. The zero-order valence-electron chi connectivity index (χ0n) is 12.3. The van der Waals surface area contributed by atoms with E-state index in [2.05, 4.69) is 17.5 Å². The molecular weight excluding hydrogens is 305 g/mol. The lowest BCUT2D eigenvalue weighted by atomic mass is 9.92. The van der Waals surface area contributed by atoms with Gasteiger partial charge < -0.3 is 5.32 Å². The summed E-state index contributed by atoms with van der Waals surface area (Å²) in [6, 6.07) is 3.82. The van der Waals surface area contributed by atoms with Gasteiger partial charge in [0.05, 0.1) is 5.75 Å². The molecule has 0 radical (unpaired) electrons. The number of sulfone groups is 1. The van der Waals surface area contributed by atoms with Crippen LogP contribution in [0.2, 0.25) is 0 Å². The molecule has 1 fully saturated rings. The van der Waals surface area contributed by atoms with Crippen molar-refractivity contribution in [3.05, 3.63) is 41.7 Å². The number of halogens is 1. The maximum absolute atomic E-state index is 13.4. The number of hydrogen-bond donors (Lipinski definition) is 1. The Balaban J connectivity index is 1.80. The van der Waals surface area contributed by atoms with Gasteiger partial charge in [-0.15, -0.1) is 0 Å². The van der Waals surface area contributed by atoms with Crippen molar-refractivity contribution in [1.29, 1.82) is 0 Å². The fourth-order valence-electron chi connectivity index (χ4n) is 3.39. The molecule has 0 spiro atoms. The molecule has 2 aliphatic carbocycles. The summed E-state index contributed by atoms with van der Waals surface area (Å²) in [7, 11) is -3.31. The Hall–Kier alpha value is -1.69. The average Bonchev–Trinajstić information content (AvgIpc) is 3.02. The van der Waals surface area contributed by atoms with E-state index in [1.54, 1.807) is 0 Å². The fourth-order valence-corrected chi connectivity index (χ4v) is 4.20. The Labute approximate surface area is 129 Å². The van der Waals surface area contributed by atoms with Crippen LogP contribution in [0, 0.1) is 23.6 Å². The highest BCUT2D eigenvalue weighted by molar-refractivity contribution is 7.89. The molecule has 3 unspecified atom stereocenters. The Bertz CT molecular complexity index is 742. The summed E-state index contributed by atoms with van der Waals surface area (Å²) in [5, 5.41) is 2.78. The van der Waals surface area contributed by atoms with Crippen LogP contribution in [0.25, 0.3) is 0 Å². The number of rotatable bonds is 4. The Morgan fingerprint density at radius 3 is 2.68 bits per heavy atom. The summed E-state index contributed by atoms with van der Waals surface area (Å²) in [5.41, 5.74) is 0.665. The van der Waals surface area contributed by atoms with E-state index in [1.165, 1.54) is 12.1 Å². The van der Waals surface area contributed by atoms with Crippen molar-refractivity contribution < 1.29 is 17.6 Å². The van der Waals surface area contributed by atoms with Crippen molar-refractivity contribution >= 4 is 21.4 Å². The minimum atomic E-state index is -3.31. The second kappa shape index (κ2) is 5.50. The molecule has 4 nitrogen and oxygen atoms in total. The standard InChI is InChI=1S/C16H18FNO3S/c1-22(20,21)9-12-8-13(17)4-5-15(12)18-16(19)14-7-10-2-3-11(14)6-10/h2-5,8,10-11,14H,6-7,9H2,1H3,(H,18,19). The van der Waals surface area contributed by atoms with Gasteiger partial charge in [-0.2, -0.15) is 0 Å². The number of hydrogen-bond acceptors (Lipinski definition) is 3. The summed E-state index contributed by atoms with van der Waals surface area (Å²) in [4.78, 5) is 12.4. The molecule has 2 aliphatic rings. The van der Waals surface area contributed by atoms with Gasteiger partial charge in [0.25, 0.3) is 0 Å². The number of amides is 1. The Morgan fingerprint density at radius 1 is 1.32 bits per heavy atom. The molecule has 1 N–H and O–H groups in total. The summed E-state index contributed by atoms with van der Waals surface area (Å²) in [5.74, 6) is -0.256. The molecule has 2 bridgehead atoms. The number of carbonyl (C=O) groups excluding carboxylic acids is 1. The van der Waals surface area contributed by atoms with E-state index in [9.17, 15) is 17.6 Å². The molecule has 1 aromatic rings. The fraction of sp³-hybridized carbons (Fsp3) is 0.438. The zero-order chi connectivity index (χ0) is 15.9. The molecule has 6 heteroatoms. The molecule has 0 heterocycles. The van der Waals surface area contributed by atoms with E-state index in [0.717, 1.165) is 25.2 Å². The van der Waals surface area contributed by atoms with Crippen LogP contribution in [0.3, 0.4) is 0 Å². The third-order valence-corrected chi connectivity index (χ3v) is 5.19. The van der Waals surface area contributed by atoms with Crippen LogP contribution in [0.15, 0.2) is 30.4 Å². The minimum absolute atomic E-state index is 0.0777. The van der Waals surface area contributed by atoms with E-state index >= 15 is 0 Å². The van der Waals surface area contributed by atoms with Gasteiger partial charge in [-0.25, -0.2) is 12.8 Å². The van der Waals surface area contributed by atoms with Crippen LogP contribution >= 0.6 is 0 Å². The van der Waals surface area contributed by atoms with E-state index in [0.29, 0.717) is 11.6 Å². The zero-order valence-corrected chi connectivity index (χ0v) is 13.1. The van der Waals surface area contributed by atoms with Gasteiger partial charge in [0.1, 0.15) is 5.82 Å². The quantitative estimate of drug-likeness (QED) is 0.866. The minimum Gasteiger partial charge on any atom is -0.326 e. The topological polar surface area (TPSA) is 63.2 Å². The smallest absolute Gasteiger partial charge is 0.228 e. The van der Waals surface area contributed by atoms with Gasteiger partial charge in [0, 0.05) is 17.9 Å². The predicted molar refractivity (Wildman–Crippen MR) is 82.4 cm³/mol. The van der Waals surface area contributed by atoms with Crippen molar-refractivity contribution in [2.45, 2.75) is 18.6 Å². The summed E-state index contributed by atoms with van der Waals surface area (Å²) in [6.45, 7) is 0. The van der Waals surface area contributed by atoms with Gasteiger partial charge in [-0.3, -0.25) is 4.79 Å². The van der Waals surface area contributed by atoms with Crippen molar-refractivity contribution in [3.63, 3.8) is 0 Å². The highest BCUT2D eigenvalue weighted by Gasteiger charge is 2.39. The lowest BCUT2D eigenvalue weighted by molar-refractivity contribution is -0.120. The first-order chi connectivity index (χ1) is 10.3. The first-order valence-electron chi connectivity index (χ1n) is 7.27. The van der Waals surface area contributed by atoms with Gasteiger partial charge >= 0.3 is 0 Å². The van der Waals surface area contributed by atoms with Crippen molar-refractivity contribution in [3.8, 4) is 0 Å². The number of anilines is 1. The largest absolute Gasteiger partial charge is 0.326 e. The van der Waals surface area contributed by atoms with Crippen molar-refractivity contribution in [2.24, 2.45) is 17.8 Å². The van der Waals surface area contributed by atoms with Crippen LogP contribution < -0.4 is 5.32 Å². The normalized spacial score (nSPS) is 26.4. The molecule has 0 saturated heterocycles. The summed E-state index contributed by atoms with van der Waals surface area (Å²) >= 11 is 0. The molecule has 1 aromatic carbocycles. The van der Waals surface area contributed by atoms with Crippen molar-refractivity contribution in [1.82, 2.24) is 0 Å². The first kappa shape index (κ1) is 15.2.